The zero-order chi connectivity index (χ0) is 20.1. The average Bonchev–Trinajstić information content (AvgIpc) is 3.20. The van der Waals surface area contributed by atoms with Crippen LogP contribution in [0, 0.1) is 12.7 Å². The average molecular weight is 405 g/mol. The van der Waals surface area contributed by atoms with Crippen LogP contribution in [0.25, 0.3) is 5.82 Å². The minimum absolute atomic E-state index is 0.0733. The van der Waals surface area contributed by atoms with Gasteiger partial charge in [-0.05, 0) is 37.3 Å². The van der Waals surface area contributed by atoms with Gasteiger partial charge in [-0.25, -0.2) is 27.5 Å². The molecule has 0 fully saturated rings. The summed E-state index contributed by atoms with van der Waals surface area (Å²) >= 11 is 0. The van der Waals surface area contributed by atoms with Crippen LogP contribution in [0.2, 0.25) is 0 Å². The van der Waals surface area contributed by atoms with E-state index in [4.69, 9.17) is 4.74 Å². The van der Waals surface area contributed by atoms with Crippen molar-refractivity contribution in [1.29, 1.82) is 0 Å². The summed E-state index contributed by atoms with van der Waals surface area (Å²) in [5.41, 5.74) is 0. The summed E-state index contributed by atoms with van der Waals surface area (Å²) in [5.74, 6) is 1.26. The highest BCUT2D eigenvalue weighted by Gasteiger charge is 2.19. The Morgan fingerprint density at radius 1 is 1.14 bits per heavy atom. The number of hydrogen-bond acceptors (Lipinski definition) is 6. The highest BCUT2D eigenvalue weighted by molar-refractivity contribution is 7.89. The molecule has 0 aliphatic rings. The lowest BCUT2D eigenvalue weighted by Crippen LogP contribution is -2.29. The Morgan fingerprint density at radius 2 is 1.89 bits per heavy atom. The lowest BCUT2D eigenvalue weighted by Gasteiger charge is -2.12. The maximum absolute atomic E-state index is 13.4. The highest BCUT2D eigenvalue weighted by atomic mass is 32.2. The topological polar surface area (TPSA) is 98.1 Å². The predicted molar refractivity (Wildman–Crippen MR) is 103 cm³/mol. The third-order valence-corrected chi connectivity index (χ3v) is 5.31. The van der Waals surface area contributed by atoms with Gasteiger partial charge in [-0.3, -0.25) is 0 Å². The monoisotopic (exact) mass is 405 g/mol. The molecule has 1 aromatic carbocycles. The van der Waals surface area contributed by atoms with E-state index in [1.807, 2.05) is 29.1 Å². The number of methoxy groups -OCH3 is 1. The zero-order valence-corrected chi connectivity index (χ0v) is 16.2. The van der Waals surface area contributed by atoms with Gasteiger partial charge in [0.1, 0.15) is 33.9 Å². The van der Waals surface area contributed by atoms with Gasteiger partial charge in [-0.15, -0.1) is 0 Å². The fourth-order valence-corrected chi connectivity index (χ4v) is 3.79. The smallest absolute Gasteiger partial charge is 0.244 e. The van der Waals surface area contributed by atoms with E-state index in [1.54, 1.807) is 13.0 Å². The Labute approximate surface area is 162 Å². The standard InChI is InChI=1S/C18H20FN5O3S/c1-13-22-17(12-18(23-13)24-9-3-4-10-24)20-7-8-21-28(25,26)16-11-14(19)5-6-15(16)27-2/h3-6,9-12,21H,7-8H2,1-2H3,(H,20,22,23). The summed E-state index contributed by atoms with van der Waals surface area (Å²) in [7, 11) is -2.60. The second kappa shape index (κ2) is 8.36. The van der Waals surface area contributed by atoms with Crippen molar-refractivity contribution < 1.29 is 17.5 Å². The molecule has 10 heteroatoms. The van der Waals surface area contributed by atoms with Gasteiger partial charge >= 0.3 is 0 Å². The van der Waals surface area contributed by atoms with Crippen LogP contribution in [0.4, 0.5) is 10.2 Å². The van der Waals surface area contributed by atoms with Gasteiger partial charge in [0.05, 0.1) is 7.11 Å². The Kier molecular flexibility index (Phi) is 5.90. The molecular weight excluding hydrogens is 385 g/mol. The van der Waals surface area contributed by atoms with Crippen molar-refractivity contribution in [2.24, 2.45) is 0 Å². The Bertz CT molecular complexity index is 1060. The molecule has 0 radical (unpaired) electrons. The molecule has 0 saturated carbocycles. The van der Waals surface area contributed by atoms with Crippen molar-refractivity contribution in [3.63, 3.8) is 0 Å². The van der Waals surface area contributed by atoms with Crippen LogP contribution in [-0.2, 0) is 10.0 Å². The van der Waals surface area contributed by atoms with Crippen molar-refractivity contribution >= 4 is 15.8 Å². The predicted octanol–water partition coefficient (Wildman–Crippen LogP) is 2.11. The van der Waals surface area contributed by atoms with Crippen molar-refractivity contribution in [2.45, 2.75) is 11.8 Å². The molecule has 148 valence electrons. The number of nitrogens with zero attached hydrogens (tertiary/aromatic N) is 3. The number of anilines is 1. The zero-order valence-electron chi connectivity index (χ0n) is 15.4. The van der Waals surface area contributed by atoms with Gasteiger partial charge in [-0.1, -0.05) is 0 Å². The molecule has 0 aliphatic carbocycles. The first kappa shape index (κ1) is 19.8. The molecule has 0 aliphatic heterocycles. The first-order chi connectivity index (χ1) is 13.4. The SMILES string of the molecule is COc1ccc(F)cc1S(=O)(=O)NCCNc1cc(-n2cccc2)nc(C)n1. The number of halogens is 1. The van der Waals surface area contributed by atoms with Gasteiger partial charge in [0.25, 0.3) is 0 Å². The molecule has 0 bridgehead atoms. The molecule has 2 N–H and O–H groups in total. The number of aromatic nitrogens is 3. The molecule has 0 atom stereocenters. The van der Waals surface area contributed by atoms with E-state index in [1.165, 1.54) is 13.2 Å². The van der Waals surface area contributed by atoms with Crippen molar-refractivity contribution in [3.05, 3.63) is 60.4 Å². The molecule has 0 saturated heterocycles. The minimum Gasteiger partial charge on any atom is -0.495 e. The summed E-state index contributed by atoms with van der Waals surface area (Å²) in [6.07, 6.45) is 3.73. The summed E-state index contributed by atoms with van der Waals surface area (Å²) in [6.45, 7) is 2.12. The molecule has 2 aromatic heterocycles. The highest BCUT2D eigenvalue weighted by Crippen LogP contribution is 2.24. The maximum atomic E-state index is 13.4. The van der Waals surface area contributed by atoms with Gasteiger partial charge in [0.2, 0.25) is 10.0 Å². The molecule has 2 heterocycles. The number of rotatable bonds is 8. The summed E-state index contributed by atoms with van der Waals surface area (Å²) in [4.78, 5) is 8.41. The summed E-state index contributed by atoms with van der Waals surface area (Å²) in [6, 6.07) is 8.87. The lowest BCUT2D eigenvalue weighted by molar-refractivity contribution is 0.400. The largest absolute Gasteiger partial charge is 0.495 e. The fraction of sp³-hybridized carbons (Fsp3) is 0.222. The first-order valence-electron chi connectivity index (χ1n) is 8.45. The van der Waals surface area contributed by atoms with Gasteiger partial charge in [0, 0.05) is 31.5 Å². The van der Waals surface area contributed by atoms with Crippen molar-refractivity contribution in [3.8, 4) is 11.6 Å². The van der Waals surface area contributed by atoms with Crippen LogP contribution in [0.1, 0.15) is 5.82 Å². The molecule has 0 unspecified atom stereocenters. The third-order valence-electron chi connectivity index (χ3n) is 3.83. The lowest BCUT2D eigenvalue weighted by atomic mass is 10.3. The Hall–Kier alpha value is -2.98. The molecule has 8 nitrogen and oxygen atoms in total. The molecule has 28 heavy (non-hydrogen) atoms. The van der Waals surface area contributed by atoms with E-state index in [2.05, 4.69) is 20.0 Å². The quantitative estimate of drug-likeness (QED) is 0.557. The summed E-state index contributed by atoms with van der Waals surface area (Å²) in [5, 5.41) is 3.06. The number of ether oxygens (including phenoxy) is 1. The van der Waals surface area contributed by atoms with Gasteiger partial charge in [-0.2, -0.15) is 0 Å². The molecule has 0 spiro atoms. The van der Waals surface area contributed by atoms with Crippen molar-refractivity contribution in [1.82, 2.24) is 19.3 Å². The van der Waals surface area contributed by atoms with Gasteiger partial charge < -0.3 is 14.6 Å². The van der Waals surface area contributed by atoms with Crippen LogP contribution in [0.5, 0.6) is 5.75 Å². The van der Waals surface area contributed by atoms with E-state index in [0.717, 1.165) is 12.1 Å². The van der Waals surface area contributed by atoms with E-state index in [0.29, 0.717) is 17.5 Å². The number of hydrogen-bond donors (Lipinski definition) is 2. The van der Waals surface area contributed by atoms with Crippen LogP contribution < -0.4 is 14.8 Å². The van der Waals surface area contributed by atoms with Crippen molar-refractivity contribution in [2.75, 3.05) is 25.5 Å². The number of sulfonamides is 1. The van der Waals surface area contributed by atoms with Crippen LogP contribution in [0.3, 0.4) is 0 Å². The first-order valence-corrected chi connectivity index (χ1v) is 9.93. The van der Waals surface area contributed by atoms with Crippen LogP contribution >= 0.6 is 0 Å². The number of nitrogens with one attached hydrogen (secondary N) is 2. The van der Waals surface area contributed by atoms with E-state index < -0.39 is 15.8 Å². The normalized spacial score (nSPS) is 11.4. The maximum Gasteiger partial charge on any atom is 0.244 e. The molecular formula is C18H20FN5O3S. The van der Waals surface area contributed by atoms with Crippen LogP contribution in [-0.4, -0.2) is 43.2 Å². The van der Waals surface area contributed by atoms with E-state index in [9.17, 15) is 12.8 Å². The fourth-order valence-electron chi connectivity index (χ4n) is 2.58. The van der Waals surface area contributed by atoms with Crippen LogP contribution in [0.15, 0.2) is 53.7 Å². The number of aryl methyl sites for hydroxylation is 1. The minimum atomic E-state index is -3.92. The van der Waals surface area contributed by atoms with E-state index >= 15 is 0 Å². The summed E-state index contributed by atoms with van der Waals surface area (Å²) < 4.78 is 47.6. The Balaban J connectivity index is 1.64. The van der Waals surface area contributed by atoms with Gasteiger partial charge in [0.15, 0.2) is 0 Å². The molecule has 0 amide bonds. The molecule has 3 aromatic rings. The third kappa shape index (κ3) is 4.65. The second-order valence-electron chi connectivity index (χ2n) is 5.87. The molecule has 3 rings (SSSR count). The second-order valence-corrected chi connectivity index (χ2v) is 7.60. The van der Waals surface area contributed by atoms with E-state index in [-0.39, 0.29) is 23.7 Å². The number of benzene rings is 1. The Morgan fingerprint density at radius 3 is 2.61 bits per heavy atom.